The maximum absolute atomic E-state index is 5.99. The van der Waals surface area contributed by atoms with Crippen LogP contribution in [0.2, 0.25) is 0 Å². The molecule has 1 aromatic rings. The fourth-order valence-electron chi connectivity index (χ4n) is 2.41. The van der Waals surface area contributed by atoms with Crippen molar-refractivity contribution < 1.29 is 4.74 Å². The second-order valence-electron chi connectivity index (χ2n) is 6.03. The molecule has 1 aliphatic rings. The Labute approximate surface area is 123 Å². The molecule has 1 aliphatic carbocycles. The Kier molecular flexibility index (Phi) is 6.38. The van der Waals surface area contributed by atoms with Crippen molar-refractivity contribution >= 4 is 0 Å². The molecule has 1 atom stereocenters. The zero-order valence-electron chi connectivity index (χ0n) is 13.0. The van der Waals surface area contributed by atoms with Gasteiger partial charge in [-0.2, -0.15) is 0 Å². The highest BCUT2D eigenvalue weighted by Gasteiger charge is 2.19. The molecule has 0 amide bonds. The van der Waals surface area contributed by atoms with Gasteiger partial charge in [0, 0.05) is 12.6 Å². The first-order valence-corrected chi connectivity index (χ1v) is 8.27. The maximum atomic E-state index is 5.99. The van der Waals surface area contributed by atoms with E-state index in [1.165, 1.54) is 44.1 Å². The third-order valence-corrected chi connectivity index (χ3v) is 4.10. The Morgan fingerprint density at radius 3 is 2.85 bits per heavy atom. The maximum Gasteiger partial charge on any atom is 0.119 e. The predicted molar refractivity (Wildman–Crippen MR) is 85.1 cm³/mol. The molecule has 0 saturated heterocycles. The summed E-state index contributed by atoms with van der Waals surface area (Å²) in [6.07, 6.45) is 7.77. The van der Waals surface area contributed by atoms with Gasteiger partial charge in [0.05, 0.1) is 6.61 Å². The van der Waals surface area contributed by atoms with Crippen molar-refractivity contribution in [2.24, 2.45) is 5.92 Å². The number of nitrogens with one attached hydrogen (secondary N) is 1. The SMILES string of the molecule is CCCCC(CC)COc1cccc(CNC2CC2)c1. The van der Waals surface area contributed by atoms with Gasteiger partial charge in [-0.3, -0.25) is 0 Å². The van der Waals surface area contributed by atoms with Gasteiger partial charge < -0.3 is 10.1 Å². The minimum Gasteiger partial charge on any atom is -0.493 e. The standard InChI is InChI=1S/C18H29NO/c1-3-5-7-15(4-2)14-20-18-9-6-8-16(12-18)13-19-17-10-11-17/h6,8-9,12,15,17,19H,3-5,7,10-11,13-14H2,1-2H3. The number of rotatable bonds is 10. The van der Waals surface area contributed by atoms with E-state index in [0.29, 0.717) is 5.92 Å². The minimum atomic E-state index is 0.697. The minimum absolute atomic E-state index is 0.697. The summed E-state index contributed by atoms with van der Waals surface area (Å²) in [7, 11) is 0. The van der Waals surface area contributed by atoms with Gasteiger partial charge in [0.1, 0.15) is 5.75 Å². The molecule has 2 rings (SSSR count). The van der Waals surface area contributed by atoms with E-state index < -0.39 is 0 Å². The van der Waals surface area contributed by atoms with Crippen LogP contribution in [-0.4, -0.2) is 12.6 Å². The van der Waals surface area contributed by atoms with Crippen LogP contribution in [0.1, 0.15) is 57.9 Å². The van der Waals surface area contributed by atoms with Crippen LogP contribution >= 0.6 is 0 Å². The molecule has 0 aliphatic heterocycles. The first-order valence-electron chi connectivity index (χ1n) is 8.27. The Bertz CT molecular complexity index is 387. The van der Waals surface area contributed by atoms with Gasteiger partial charge in [0.25, 0.3) is 0 Å². The average Bonchev–Trinajstić information content (AvgIpc) is 3.30. The van der Waals surface area contributed by atoms with Gasteiger partial charge in [-0.15, -0.1) is 0 Å². The van der Waals surface area contributed by atoms with Crippen LogP contribution in [0.4, 0.5) is 0 Å². The largest absolute Gasteiger partial charge is 0.493 e. The van der Waals surface area contributed by atoms with Crippen molar-refractivity contribution in [3.05, 3.63) is 29.8 Å². The molecule has 0 spiro atoms. The monoisotopic (exact) mass is 275 g/mol. The van der Waals surface area contributed by atoms with Crippen molar-refractivity contribution in [3.8, 4) is 5.75 Å². The zero-order valence-corrected chi connectivity index (χ0v) is 13.0. The van der Waals surface area contributed by atoms with Crippen LogP contribution in [-0.2, 0) is 6.54 Å². The van der Waals surface area contributed by atoms with Gasteiger partial charge in [0.15, 0.2) is 0 Å². The Morgan fingerprint density at radius 2 is 2.15 bits per heavy atom. The number of unbranched alkanes of at least 4 members (excludes halogenated alkanes) is 1. The van der Waals surface area contributed by atoms with Crippen molar-refractivity contribution in [2.45, 2.75) is 65.0 Å². The molecule has 0 bridgehead atoms. The van der Waals surface area contributed by atoms with E-state index in [1.807, 2.05) is 0 Å². The second-order valence-corrected chi connectivity index (χ2v) is 6.03. The Morgan fingerprint density at radius 1 is 1.30 bits per heavy atom. The van der Waals surface area contributed by atoms with E-state index >= 15 is 0 Å². The second kappa shape index (κ2) is 8.31. The van der Waals surface area contributed by atoms with Crippen LogP contribution in [0.3, 0.4) is 0 Å². The Balaban J connectivity index is 1.77. The lowest BCUT2D eigenvalue weighted by atomic mass is 10.0. The number of benzene rings is 1. The quantitative estimate of drug-likeness (QED) is 0.677. The lowest BCUT2D eigenvalue weighted by molar-refractivity contribution is 0.233. The third-order valence-electron chi connectivity index (χ3n) is 4.10. The Hall–Kier alpha value is -1.02. The van der Waals surface area contributed by atoms with Crippen molar-refractivity contribution in [1.29, 1.82) is 0 Å². The summed E-state index contributed by atoms with van der Waals surface area (Å²) in [6, 6.07) is 9.30. The lowest BCUT2D eigenvalue weighted by Gasteiger charge is -2.16. The van der Waals surface area contributed by atoms with Crippen LogP contribution in [0, 0.1) is 5.92 Å². The highest BCUT2D eigenvalue weighted by Crippen LogP contribution is 2.21. The molecule has 112 valence electrons. The normalized spacial score (nSPS) is 16.1. The van der Waals surface area contributed by atoms with Gasteiger partial charge in [-0.1, -0.05) is 45.2 Å². The first kappa shape index (κ1) is 15.4. The molecule has 20 heavy (non-hydrogen) atoms. The highest BCUT2D eigenvalue weighted by molar-refractivity contribution is 5.28. The summed E-state index contributed by atoms with van der Waals surface area (Å²) in [4.78, 5) is 0. The number of ether oxygens (including phenoxy) is 1. The van der Waals surface area contributed by atoms with Crippen LogP contribution in [0.5, 0.6) is 5.75 Å². The molecular formula is C18H29NO. The van der Waals surface area contributed by atoms with E-state index in [9.17, 15) is 0 Å². The average molecular weight is 275 g/mol. The van der Waals surface area contributed by atoms with Gasteiger partial charge in [-0.05, 0) is 42.9 Å². The zero-order chi connectivity index (χ0) is 14.2. The first-order chi connectivity index (χ1) is 9.81. The number of hydrogen-bond donors (Lipinski definition) is 1. The smallest absolute Gasteiger partial charge is 0.119 e. The molecule has 1 aromatic carbocycles. The summed E-state index contributed by atoms with van der Waals surface area (Å²) in [5.41, 5.74) is 1.33. The summed E-state index contributed by atoms with van der Waals surface area (Å²) >= 11 is 0. The molecule has 0 heterocycles. The van der Waals surface area contributed by atoms with Gasteiger partial charge in [-0.25, -0.2) is 0 Å². The summed E-state index contributed by atoms with van der Waals surface area (Å²) in [6.45, 7) is 6.34. The van der Waals surface area contributed by atoms with E-state index in [4.69, 9.17) is 4.74 Å². The summed E-state index contributed by atoms with van der Waals surface area (Å²) in [5.74, 6) is 1.72. The van der Waals surface area contributed by atoms with Gasteiger partial charge in [0.2, 0.25) is 0 Å². The summed E-state index contributed by atoms with van der Waals surface area (Å²) < 4.78 is 5.99. The third kappa shape index (κ3) is 5.54. The summed E-state index contributed by atoms with van der Waals surface area (Å²) in [5, 5.41) is 3.55. The van der Waals surface area contributed by atoms with Crippen LogP contribution in [0.15, 0.2) is 24.3 Å². The molecule has 0 radical (unpaired) electrons. The van der Waals surface area contributed by atoms with E-state index in [-0.39, 0.29) is 0 Å². The molecule has 1 N–H and O–H groups in total. The lowest BCUT2D eigenvalue weighted by Crippen LogP contribution is -2.15. The van der Waals surface area contributed by atoms with E-state index in [0.717, 1.165) is 24.9 Å². The fraction of sp³-hybridized carbons (Fsp3) is 0.667. The molecular weight excluding hydrogens is 246 g/mol. The predicted octanol–water partition coefficient (Wildman–Crippen LogP) is 4.53. The highest BCUT2D eigenvalue weighted by atomic mass is 16.5. The molecule has 1 saturated carbocycles. The van der Waals surface area contributed by atoms with E-state index in [1.54, 1.807) is 0 Å². The van der Waals surface area contributed by atoms with E-state index in [2.05, 4.69) is 43.4 Å². The van der Waals surface area contributed by atoms with Crippen LogP contribution in [0.25, 0.3) is 0 Å². The van der Waals surface area contributed by atoms with Gasteiger partial charge >= 0.3 is 0 Å². The van der Waals surface area contributed by atoms with Crippen molar-refractivity contribution in [3.63, 3.8) is 0 Å². The van der Waals surface area contributed by atoms with Crippen molar-refractivity contribution in [2.75, 3.05) is 6.61 Å². The van der Waals surface area contributed by atoms with Crippen molar-refractivity contribution in [1.82, 2.24) is 5.32 Å². The molecule has 1 unspecified atom stereocenters. The molecule has 2 heteroatoms. The molecule has 2 nitrogen and oxygen atoms in total. The topological polar surface area (TPSA) is 21.3 Å². The number of hydrogen-bond acceptors (Lipinski definition) is 2. The molecule has 0 aromatic heterocycles. The van der Waals surface area contributed by atoms with Crippen LogP contribution < -0.4 is 10.1 Å². The fourth-order valence-corrected chi connectivity index (χ4v) is 2.41. The molecule has 1 fully saturated rings.